The highest BCUT2D eigenvalue weighted by atomic mass is 35.5. The molecule has 0 unspecified atom stereocenters. The third-order valence-electron chi connectivity index (χ3n) is 6.21. The SMILES string of the molecule is CCNC(=O)[C@@H](Cc1ccccc1)N(Cc1cccc(Cl)c1)C(=O)CCCN(c1ccc(F)c(F)c1)S(C)(=O)=O. The van der Waals surface area contributed by atoms with E-state index in [1.165, 1.54) is 4.90 Å². The van der Waals surface area contributed by atoms with Crippen molar-refractivity contribution in [3.8, 4) is 0 Å². The number of amides is 2. The molecule has 214 valence electrons. The minimum absolute atomic E-state index is 0.0473. The van der Waals surface area contributed by atoms with Crippen LogP contribution in [-0.2, 0) is 32.6 Å². The Bertz CT molecular complexity index is 1420. The molecule has 2 amide bonds. The zero-order valence-electron chi connectivity index (χ0n) is 22.3. The maximum Gasteiger partial charge on any atom is 0.243 e. The molecule has 0 radical (unpaired) electrons. The maximum atomic E-state index is 13.8. The molecule has 0 saturated carbocycles. The number of likely N-dealkylation sites (N-methyl/N-ethyl adjacent to an activating group) is 1. The van der Waals surface area contributed by atoms with Crippen LogP contribution in [0.15, 0.2) is 72.8 Å². The molecule has 1 N–H and O–H groups in total. The van der Waals surface area contributed by atoms with Crippen molar-refractivity contribution in [3.63, 3.8) is 0 Å². The number of sulfonamides is 1. The average molecular weight is 592 g/mol. The van der Waals surface area contributed by atoms with E-state index in [0.717, 1.165) is 39.9 Å². The largest absolute Gasteiger partial charge is 0.355 e. The summed E-state index contributed by atoms with van der Waals surface area (Å²) in [5, 5.41) is 3.30. The molecule has 0 heterocycles. The van der Waals surface area contributed by atoms with Gasteiger partial charge in [-0.25, -0.2) is 17.2 Å². The number of halogens is 3. The molecule has 3 aromatic rings. The lowest BCUT2D eigenvalue weighted by atomic mass is 10.0. The zero-order chi connectivity index (χ0) is 29.3. The minimum Gasteiger partial charge on any atom is -0.355 e. The number of nitrogens with one attached hydrogen (secondary N) is 1. The Hall–Kier alpha value is -3.50. The molecule has 0 aliphatic carbocycles. The summed E-state index contributed by atoms with van der Waals surface area (Å²) in [4.78, 5) is 28.4. The van der Waals surface area contributed by atoms with E-state index in [-0.39, 0.29) is 49.9 Å². The summed E-state index contributed by atoms with van der Waals surface area (Å²) in [7, 11) is -3.86. The standard InChI is InChI=1S/C29H32ClF2N3O4S/c1-3-33-29(37)27(18-21-9-5-4-6-10-21)34(20-22-11-7-12-23(30)17-22)28(36)13-8-16-35(40(2,38)39)24-14-15-25(31)26(32)19-24/h4-7,9-12,14-15,17,19,27H,3,8,13,16,18,20H2,1-2H3,(H,33,37)/t27-/m1/s1. The summed E-state index contributed by atoms with van der Waals surface area (Å²) in [5.74, 6) is -2.97. The Balaban J connectivity index is 1.87. The van der Waals surface area contributed by atoms with Crippen LogP contribution in [0.25, 0.3) is 0 Å². The third-order valence-corrected chi connectivity index (χ3v) is 7.64. The van der Waals surface area contributed by atoms with E-state index in [1.807, 2.05) is 30.3 Å². The predicted molar refractivity (Wildman–Crippen MR) is 152 cm³/mol. The molecule has 0 aliphatic rings. The minimum atomic E-state index is -3.86. The van der Waals surface area contributed by atoms with Gasteiger partial charge in [-0.1, -0.05) is 54.1 Å². The molecule has 0 spiro atoms. The average Bonchev–Trinajstić information content (AvgIpc) is 2.90. The van der Waals surface area contributed by atoms with Crippen LogP contribution in [0, 0.1) is 11.6 Å². The fourth-order valence-corrected chi connectivity index (χ4v) is 5.49. The lowest BCUT2D eigenvalue weighted by Crippen LogP contribution is -2.50. The van der Waals surface area contributed by atoms with Crippen LogP contribution >= 0.6 is 11.6 Å². The van der Waals surface area contributed by atoms with Crippen LogP contribution < -0.4 is 9.62 Å². The number of rotatable bonds is 13. The molecular formula is C29H32ClF2N3O4S. The van der Waals surface area contributed by atoms with Crippen LogP contribution in [0.4, 0.5) is 14.5 Å². The number of carbonyl (C=O) groups excluding carboxylic acids is 2. The zero-order valence-corrected chi connectivity index (χ0v) is 23.9. The summed E-state index contributed by atoms with van der Waals surface area (Å²) >= 11 is 6.17. The molecule has 0 aromatic heterocycles. The second-order valence-electron chi connectivity index (χ2n) is 9.29. The van der Waals surface area contributed by atoms with E-state index in [4.69, 9.17) is 11.6 Å². The van der Waals surface area contributed by atoms with Gasteiger partial charge in [0.05, 0.1) is 11.9 Å². The third kappa shape index (κ3) is 8.76. The van der Waals surface area contributed by atoms with Crippen LogP contribution in [0.5, 0.6) is 0 Å². The van der Waals surface area contributed by atoms with Gasteiger partial charge < -0.3 is 10.2 Å². The van der Waals surface area contributed by atoms with Crippen molar-refractivity contribution in [1.29, 1.82) is 0 Å². The predicted octanol–water partition coefficient (Wildman–Crippen LogP) is 4.94. The van der Waals surface area contributed by atoms with E-state index in [1.54, 1.807) is 31.2 Å². The first-order valence-electron chi connectivity index (χ1n) is 12.8. The Kier molecular flexibility index (Phi) is 11.0. The molecule has 0 fully saturated rings. The van der Waals surface area contributed by atoms with Crippen LogP contribution in [-0.4, -0.2) is 50.5 Å². The van der Waals surface area contributed by atoms with Gasteiger partial charge >= 0.3 is 0 Å². The van der Waals surface area contributed by atoms with Crippen molar-refractivity contribution in [2.45, 2.75) is 38.8 Å². The monoisotopic (exact) mass is 591 g/mol. The first kappa shape index (κ1) is 31.0. The maximum absolute atomic E-state index is 13.8. The molecule has 0 bridgehead atoms. The van der Waals surface area contributed by atoms with Crippen molar-refractivity contribution in [1.82, 2.24) is 10.2 Å². The van der Waals surface area contributed by atoms with Gasteiger partial charge in [0.25, 0.3) is 0 Å². The van der Waals surface area contributed by atoms with Crippen molar-refractivity contribution in [3.05, 3.63) is 101 Å². The number of nitrogens with zero attached hydrogens (tertiary/aromatic N) is 2. The summed E-state index contributed by atoms with van der Waals surface area (Å²) in [6, 6.07) is 18.3. The Morgan fingerprint density at radius 1 is 0.950 bits per heavy atom. The summed E-state index contributed by atoms with van der Waals surface area (Å²) in [6.07, 6.45) is 1.20. The van der Waals surface area contributed by atoms with Gasteiger partial charge in [0, 0.05) is 43.6 Å². The fourth-order valence-electron chi connectivity index (χ4n) is 4.32. The number of anilines is 1. The van der Waals surface area contributed by atoms with Crippen molar-refractivity contribution in [2.75, 3.05) is 23.7 Å². The van der Waals surface area contributed by atoms with E-state index < -0.39 is 27.7 Å². The molecule has 3 aromatic carbocycles. The van der Waals surface area contributed by atoms with E-state index in [0.29, 0.717) is 11.6 Å². The van der Waals surface area contributed by atoms with Gasteiger partial charge in [0.2, 0.25) is 21.8 Å². The van der Waals surface area contributed by atoms with Crippen molar-refractivity contribution < 1.29 is 26.8 Å². The first-order valence-corrected chi connectivity index (χ1v) is 15.0. The second kappa shape index (κ2) is 14.2. The highest BCUT2D eigenvalue weighted by molar-refractivity contribution is 7.92. The van der Waals surface area contributed by atoms with E-state index in [9.17, 15) is 26.8 Å². The smallest absolute Gasteiger partial charge is 0.243 e. The second-order valence-corrected chi connectivity index (χ2v) is 11.6. The van der Waals surface area contributed by atoms with Gasteiger partial charge in [-0.2, -0.15) is 0 Å². The molecule has 7 nitrogen and oxygen atoms in total. The molecular weight excluding hydrogens is 560 g/mol. The molecule has 40 heavy (non-hydrogen) atoms. The quantitative estimate of drug-likeness (QED) is 0.305. The molecule has 0 saturated heterocycles. The topological polar surface area (TPSA) is 86.8 Å². The van der Waals surface area contributed by atoms with Gasteiger partial charge in [-0.3, -0.25) is 13.9 Å². The number of carbonyl (C=O) groups is 2. The van der Waals surface area contributed by atoms with Crippen LogP contribution in [0.2, 0.25) is 5.02 Å². The highest BCUT2D eigenvalue weighted by Gasteiger charge is 2.30. The lowest BCUT2D eigenvalue weighted by molar-refractivity contribution is -0.141. The molecule has 0 aliphatic heterocycles. The van der Waals surface area contributed by atoms with Crippen LogP contribution in [0.3, 0.4) is 0 Å². The van der Waals surface area contributed by atoms with E-state index in [2.05, 4.69) is 5.32 Å². The number of hydrogen-bond acceptors (Lipinski definition) is 4. The lowest BCUT2D eigenvalue weighted by Gasteiger charge is -2.32. The van der Waals surface area contributed by atoms with Gasteiger partial charge in [-0.15, -0.1) is 0 Å². The normalized spacial score (nSPS) is 12.0. The summed E-state index contributed by atoms with van der Waals surface area (Å²) < 4.78 is 53.0. The van der Waals surface area contributed by atoms with Crippen molar-refractivity contribution in [2.24, 2.45) is 0 Å². The number of hydrogen-bond donors (Lipinski definition) is 1. The number of benzene rings is 3. The molecule has 11 heteroatoms. The Morgan fingerprint density at radius 2 is 1.65 bits per heavy atom. The first-order chi connectivity index (χ1) is 19.0. The van der Waals surface area contributed by atoms with Crippen molar-refractivity contribution >= 4 is 39.1 Å². The van der Waals surface area contributed by atoms with E-state index >= 15 is 0 Å². The molecule has 3 rings (SSSR count). The summed E-state index contributed by atoms with van der Waals surface area (Å²) in [5.41, 5.74) is 1.54. The molecule has 1 atom stereocenters. The fraction of sp³-hybridized carbons (Fsp3) is 0.310. The van der Waals surface area contributed by atoms with Gasteiger partial charge in [0.1, 0.15) is 6.04 Å². The summed E-state index contributed by atoms with van der Waals surface area (Å²) in [6.45, 7) is 2.12. The van der Waals surface area contributed by atoms with Gasteiger partial charge in [0.15, 0.2) is 11.6 Å². The highest BCUT2D eigenvalue weighted by Crippen LogP contribution is 2.22. The van der Waals surface area contributed by atoms with Gasteiger partial charge in [-0.05, 0) is 48.7 Å². The van der Waals surface area contributed by atoms with Crippen LogP contribution in [0.1, 0.15) is 30.9 Å². The Labute approximate surface area is 238 Å². The Morgan fingerprint density at radius 3 is 2.27 bits per heavy atom.